The summed E-state index contributed by atoms with van der Waals surface area (Å²) in [5, 5.41) is 1.95. The van der Waals surface area contributed by atoms with Crippen molar-refractivity contribution < 1.29 is 22.3 Å². The lowest BCUT2D eigenvalue weighted by molar-refractivity contribution is 0.103. The third-order valence-electron chi connectivity index (χ3n) is 5.74. The molecule has 33 heavy (non-hydrogen) atoms. The van der Waals surface area contributed by atoms with E-state index in [2.05, 4.69) is 32.1 Å². The first-order valence-corrected chi connectivity index (χ1v) is 13.0. The molecular weight excluding hydrogens is 464 g/mol. The maximum absolute atomic E-state index is 13.2. The number of ketones is 1. The average Bonchev–Trinajstić information content (AvgIpc) is 3.47. The summed E-state index contributed by atoms with van der Waals surface area (Å²) in [4.78, 5) is 21.3. The SMILES string of the molecule is Cc1nc2n(CCN3CCCCC3)c3ccccc3n2c1C(=O)c1cccs1.O=S(=O)(O)O. The van der Waals surface area contributed by atoms with Gasteiger partial charge in [-0.05, 0) is 56.4 Å². The van der Waals surface area contributed by atoms with Gasteiger partial charge in [0.05, 0.1) is 21.6 Å². The van der Waals surface area contributed by atoms with Crippen molar-refractivity contribution in [2.24, 2.45) is 0 Å². The average molecular weight is 491 g/mol. The van der Waals surface area contributed by atoms with Crippen molar-refractivity contribution in [3.63, 3.8) is 0 Å². The van der Waals surface area contributed by atoms with Gasteiger partial charge in [-0.3, -0.25) is 18.3 Å². The van der Waals surface area contributed by atoms with Crippen molar-refractivity contribution in [1.29, 1.82) is 0 Å². The lowest BCUT2D eigenvalue weighted by Crippen LogP contribution is -2.32. The molecule has 0 unspecified atom stereocenters. The quantitative estimate of drug-likeness (QED) is 0.323. The van der Waals surface area contributed by atoms with Gasteiger partial charge in [-0.1, -0.05) is 24.6 Å². The maximum Gasteiger partial charge on any atom is 0.394 e. The fraction of sp³-hybridized carbons (Fsp3) is 0.364. The molecule has 1 fully saturated rings. The van der Waals surface area contributed by atoms with Crippen LogP contribution in [0.15, 0.2) is 41.8 Å². The Kier molecular flexibility index (Phi) is 6.96. The molecule has 4 heterocycles. The molecule has 0 amide bonds. The van der Waals surface area contributed by atoms with E-state index >= 15 is 0 Å². The molecule has 9 nitrogen and oxygen atoms in total. The standard InChI is InChI=1S/C22H24N4OS.H2O4S/c1-16-20(21(27)19-10-7-15-28-19)26-18-9-4-3-8-17(18)25(22(26)23-16)14-13-24-11-5-2-6-12-24;1-5(2,3)4/h3-4,7-10,15H,2,5-6,11-14H2,1H3;(H2,1,2,3,4). The Hall–Kier alpha value is -2.57. The third-order valence-corrected chi connectivity index (χ3v) is 6.61. The molecule has 1 aromatic carbocycles. The molecule has 3 aromatic heterocycles. The van der Waals surface area contributed by atoms with Gasteiger partial charge in [0.2, 0.25) is 11.6 Å². The van der Waals surface area contributed by atoms with Crippen LogP contribution in [0.25, 0.3) is 16.8 Å². The van der Waals surface area contributed by atoms with E-state index in [0.717, 1.165) is 40.5 Å². The lowest BCUT2D eigenvalue weighted by atomic mass is 10.1. The van der Waals surface area contributed by atoms with Gasteiger partial charge in [0.1, 0.15) is 5.69 Å². The van der Waals surface area contributed by atoms with E-state index < -0.39 is 10.4 Å². The number of hydrogen-bond acceptors (Lipinski definition) is 6. The molecule has 0 radical (unpaired) electrons. The van der Waals surface area contributed by atoms with E-state index in [1.807, 2.05) is 30.5 Å². The van der Waals surface area contributed by atoms with Crippen LogP contribution in [0, 0.1) is 6.92 Å². The predicted molar refractivity (Wildman–Crippen MR) is 128 cm³/mol. The first-order chi connectivity index (χ1) is 15.7. The van der Waals surface area contributed by atoms with E-state index in [1.165, 1.54) is 43.7 Å². The zero-order valence-electron chi connectivity index (χ0n) is 18.2. The van der Waals surface area contributed by atoms with Crippen LogP contribution in [-0.4, -0.2) is 61.8 Å². The molecule has 1 aliphatic rings. The van der Waals surface area contributed by atoms with Gasteiger partial charge in [-0.25, -0.2) is 4.98 Å². The summed E-state index contributed by atoms with van der Waals surface area (Å²) < 4.78 is 35.9. The van der Waals surface area contributed by atoms with E-state index in [9.17, 15) is 4.79 Å². The summed E-state index contributed by atoms with van der Waals surface area (Å²) in [5.74, 6) is 0.926. The Labute approximate surface area is 195 Å². The molecule has 0 saturated carbocycles. The van der Waals surface area contributed by atoms with Crippen LogP contribution in [0.2, 0.25) is 0 Å². The molecule has 0 spiro atoms. The Balaban J connectivity index is 0.000000471. The number of para-hydroxylation sites is 2. The number of aryl methyl sites for hydroxylation is 1. The van der Waals surface area contributed by atoms with Gasteiger partial charge in [-0.2, -0.15) is 8.42 Å². The minimum absolute atomic E-state index is 0.0546. The van der Waals surface area contributed by atoms with E-state index in [4.69, 9.17) is 22.5 Å². The van der Waals surface area contributed by atoms with Crippen LogP contribution in [0.4, 0.5) is 0 Å². The van der Waals surface area contributed by atoms with E-state index in [-0.39, 0.29) is 5.78 Å². The highest BCUT2D eigenvalue weighted by Crippen LogP contribution is 2.27. The first-order valence-electron chi connectivity index (χ1n) is 10.7. The molecule has 1 saturated heterocycles. The van der Waals surface area contributed by atoms with Crippen molar-refractivity contribution in [1.82, 2.24) is 18.9 Å². The second kappa shape index (κ2) is 9.74. The topological polar surface area (TPSA) is 117 Å². The number of nitrogens with zero attached hydrogens (tertiary/aromatic N) is 4. The van der Waals surface area contributed by atoms with Gasteiger partial charge < -0.3 is 9.47 Å². The first kappa shape index (κ1) is 23.6. The number of carbonyl (C=O) groups excluding carboxylic acids is 1. The highest BCUT2D eigenvalue weighted by atomic mass is 32.3. The van der Waals surface area contributed by atoms with Gasteiger partial charge in [0, 0.05) is 13.1 Å². The van der Waals surface area contributed by atoms with Crippen LogP contribution in [0.3, 0.4) is 0 Å². The maximum atomic E-state index is 13.2. The van der Waals surface area contributed by atoms with Crippen LogP contribution in [-0.2, 0) is 16.9 Å². The van der Waals surface area contributed by atoms with E-state index in [1.54, 1.807) is 0 Å². The predicted octanol–water partition coefficient (Wildman–Crippen LogP) is 3.72. The zero-order chi connectivity index (χ0) is 23.6. The molecule has 11 heteroatoms. The number of piperidine rings is 1. The Bertz CT molecular complexity index is 1360. The third kappa shape index (κ3) is 5.33. The van der Waals surface area contributed by atoms with Crippen LogP contribution >= 0.6 is 11.3 Å². The number of carbonyl (C=O) groups is 1. The van der Waals surface area contributed by atoms with Crippen LogP contribution < -0.4 is 0 Å². The zero-order valence-corrected chi connectivity index (χ0v) is 19.8. The molecule has 0 atom stereocenters. The van der Waals surface area contributed by atoms with Crippen molar-refractivity contribution in [3.8, 4) is 0 Å². The number of aromatic nitrogens is 3. The Morgan fingerprint density at radius 3 is 2.33 bits per heavy atom. The van der Waals surface area contributed by atoms with Gasteiger partial charge in [0.25, 0.3) is 0 Å². The second-order valence-electron chi connectivity index (χ2n) is 7.98. The fourth-order valence-corrected chi connectivity index (χ4v) is 5.01. The van der Waals surface area contributed by atoms with Gasteiger partial charge in [-0.15, -0.1) is 11.3 Å². The summed E-state index contributed by atoms with van der Waals surface area (Å²) in [5.41, 5.74) is 3.68. The van der Waals surface area contributed by atoms with Crippen LogP contribution in [0.1, 0.15) is 40.3 Å². The summed E-state index contributed by atoms with van der Waals surface area (Å²) in [7, 11) is -4.67. The summed E-state index contributed by atoms with van der Waals surface area (Å²) >= 11 is 1.48. The molecule has 5 rings (SSSR count). The number of rotatable bonds is 5. The summed E-state index contributed by atoms with van der Waals surface area (Å²) in [6.07, 6.45) is 3.94. The van der Waals surface area contributed by atoms with Crippen molar-refractivity contribution in [3.05, 3.63) is 58.0 Å². The van der Waals surface area contributed by atoms with Gasteiger partial charge in [0.15, 0.2) is 0 Å². The van der Waals surface area contributed by atoms with Gasteiger partial charge >= 0.3 is 10.4 Å². The minimum atomic E-state index is -4.67. The number of benzene rings is 1. The number of fused-ring (bicyclic) bond motifs is 3. The Morgan fingerprint density at radius 2 is 1.70 bits per heavy atom. The highest BCUT2D eigenvalue weighted by Gasteiger charge is 2.24. The number of thiophene rings is 1. The molecular formula is C22H26N4O5S2. The molecule has 1 aliphatic heterocycles. The summed E-state index contributed by atoms with van der Waals surface area (Å²) in [6.45, 7) is 6.22. The number of hydrogen-bond donors (Lipinski definition) is 2. The van der Waals surface area contributed by atoms with Crippen LogP contribution in [0.5, 0.6) is 0 Å². The molecule has 176 valence electrons. The minimum Gasteiger partial charge on any atom is -0.308 e. The molecule has 2 N–H and O–H groups in total. The highest BCUT2D eigenvalue weighted by molar-refractivity contribution is 7.79. The largest absolute Gasteiger partial charge is 0.394 e. The fourth-order valence-electron chi connectivity index (χ4n) is 4.35. The summed E-state index contributed by atoms with van der Waals surface area (Å²) in [6, 6.07) is 12.1. The lowest BCUT2D eigenvalue weighted by Gasteiger charge is -2.26. The number of imidazole rings is 2. The monoisotopic (exact) mass is 490 g/mol. The second-order valence-corrected chi connectivity index (χ2v) is 9.82. The number of likely N-dealkylation sites (tertiary alicyclic amines) is 1. The smallest absolute Gasteiger partial charge is 0.308 e. The van der Waals surface area contributed by atoms with E-state index in [0.29, 0.717) is 5.69 Å². The van der Waals surface area contributed by atoms with Crippen molar-refractivity contribution in [2.75, 3.05) is 19.6 Å². The normalized spacial score (nSPS) is 15.0. The molecule has 0 bridgehead atoms. The molecule has 4 aromatic rings. The van der Waals surface area contributed by atoms with Crippen molar-refractivity contribution in [2.45, 2.75) is 32.7 Å². The van der Waals surface area contributed by atoms with Crippen molar-refractivity contribution >= 4 is 44.3 Å². The molecule has 0 aliphatic carbocycles. The Morgan fingerprint density at radius 1 is 1.03 bits per heavy atom.